The number of nitrogens with zero attached hydrogens (tertiary/aromatic N) is 1. The minimum atomic E-state index is -0.560. The number of hydrogen-bond acceptors (Lipinski definition) is 6. The summed E-state index contributed by atoms with van der Waals surface area (Å²) >= 11 is 0. The highest BCUT2D eigenvalue weighted by atomic mass is 19.1. The van der Waals surface area contributed by atoms with Crippen molar-refractivity contribution in [2.45, 2.75) is 19.9 Å². The van der Waals surface area contributed by atoms with E-state index >= 15 is 0 Å². The molecule has 0 aliphatic carbocycles. The maximum Gasteiger partial charge on any atom is 0.302 e. The maximum atomic E-state index is 14.3. The van der Waals surface area contributed by atoms with Crippen LogP contribution < -0.4 is 11.1 Å². The van der Waals surface area contributed by atoms with Gasteiger partial charge in [0, 0.05) is 25.6 Å². The molecule has 0 atom stereocenters. The summed E-state index contributed by atoms with van der Waals surface area (Å²) in [6.45, 7) is 1.64. The number of carbonyl (C=O) groups is 1. The molecule has 3 aromatic rings. The van der Waals surface area contributed by atoms with Crippen LogP contribution in [-0.4, -0.2) is 17.6 Å². The van der Waals surface area contributed by atoms with E-state index in [4.69, 9.17) is 14.9 Å². The summed E-state index contributed by atoms with van der Waals surface area (Å²) in [4.78, 5) is 14.9. The highest BCUT2D eigenvalue weighted by Crippen LogP contribution is 2.27. The first-order valence-corrected chi connectivity index (χ1v) is 7.94. The number of fused-ring (bicyclic) bond motifs is 1. The second kappa shape index (κ2) is 7.49. The van der Waals surface area contributed by atoms with Gasteiger partial charge in [-0.1, -0.05) is 6.07 Å². The van der Waals surface area contributed by atoms with Crippen LogP contribution in [-0.2, 0) is 22.5 Å². The quantitative estimate of drug-likeness (QED) is 0.654. The summed E-state index contributed by atoms with van der Waals surface area (Å²) in [6, 6.07) is 7.07. The van der Waals surface area contributed by atoms with Crippen LogP contribution in [0.4, 0.5) is 20.5 Å². The Kier molecular flexibility index (Phi) is 5.13. The molecule has 136 valence electrons. The topological polar surface area (TPSA) is 90.4 Å². The lowest BCUT2D eigenvalue weighted by Crippen LogP contribution is -2.03. The van der Waals surface area contributed by atoms with Gasteiger partial charge in [-0.15, -0.1) is 0 Å². The van der Waals surface area contributed by atoms with Gasteiger partial charge in [0.05, 0.1) is 6.61 Å². The number of halogens is 2. The Morgan fingerprint density at radius 1 is 1.31 bits per heavy atom. The summed E-state index contributed by atoms with van der Waals surface area (Å²) in [5.74, 6) is -1.40. The van der Waals surface area contributed by atoms with Crippen LogP contribution in [0.3, 0.4) is 0 Å². The smallest absolute Gasteiger partial charge is 0.302 e. The molecule has 0 spiro atoms. The Bertz CT molecular complexity index is 956. The van der Waals surface area contributed by atoms with E-state index in [2.05, 4.69) is 10.3 Å². The van der Waals surface area contributed by atoms with Gasteiger partial charge in [-0.05, 0) is 35.4 Å². The molecular weight excluding hydrogens is 344 g/mol. The second-order valence-corrected chi connectivity index (χ2v) is 5.66. The predicted molar refractivity (Wildman–Crippen MR) is 91.9 cm³/mol. The normalized spacial score (nSPS) is 10.9. The van der Waals surface area contributed by atoms with Crippen LogP contribution in [0, 0.1) is 11.6 Å². The molecule has 6 nitrogen and oxygen atoms in total. The predicted octanol–water partition coefficient (Wildman–Crippen LogP) is 3.41. The van der Waals surface area contributed by atoms with Gasteiger partial charge in [0.2, 0.25) is 0 Å². The standard InChI is InChI=1S/C18H17F2N3O3/c1-10(24)25-5-4-11-6-14(20)17-16(7-11)26-18(23-17)22-15-8-13(19)3-2-12(15)9-21/h2-3,6-8H,4-5,9,21H2,1H3,(H,22,23). The van der Waals surface area contributed by atoms with Crippen molar-refractivity contribution in [1.82, 2.24) is 4.98 Å². The highest BCUT2D eigenvalue weighted by Gasteiger charge is 2.14. The van der Waals surface area contributed by atoms with E-state index in [0.29, 0.717) is 23.2 Å². The summed E-state index contributed by atoms with van der Waals surface area (Å²) in [7, 11) is 0. The van der Waals surface area contributed by atoms with Crippen molar-refractivity contribution in [2.75, 3.05) is 11.9 Å². The van der Waals surface area contributed by atoms with E-state index in [9.17, 15) is 13.6 Å². The number of rotatable bonds is 6. The van der Waals surface area contributed by atoms with Gasteiger partial charge in [-0.3, -0.25) is 4.79 Å². The summed E-state index contributed by atoms with van der Waals surface area (Å²) in [6.07, 6.45) is 0.344. The molecule has 0 aliphatic heterocycles. The average molecular weight is 361 g/mol. The molecule has 1 heterocycles. The minimum Gasteiger partial charge on any atom is -0.466 e. The van der Waals surface area contributed by atoms with Gasteiger partial charge in [0.25, 0.3) is 6.01 Å². The number of oxazole rings is 1. The van der Waals surface area contributed by atoms with Crippen LogP contribution in [0.2, 0.25) is 0 Å². The first kappa shape index (κ1) is 17.8. The zero-order valence-corrected chi connectivity index (χ0v) is 14.0. The molecule has 2 aromatic carbocycles. The lowest BCUT2D eigenvalue weighted by Gasteiger charge is -2.07. The highest BCUT2D eigenvalue weighted by molar-refractivity contribution is 5.77. The second-order valence-electron chi connectivity index (χ2n) is 5.66. The summed E-state index contributed by atoms with van der Waals surface area (Å²) in [5.41, 5.74) is 7.58. The Labute approximate surface area is 148 Å². The number of ether oxygens (including phenoxy) is 1. The van der Waals surface area contributed by atoms with Crippen molar-refractivity contribution >= 4 is 28.8 Å². The molecule has 0 bridgehead atoms. The van der Waals surface area contributed by atoms with Gasteiger partial charge < -0.3 is 20.2 Å². The Hall–Kier alpha value is -3.00. The maximum absolute atomic E-state index is 14.3. The molecule has 0 amide bonds. The van der Waals surface area contributed by atoms with Crippen LogP contribution in [0.1, 0.15) is 18.1 Å². The third-order valence-corrected chi connectivity index (χ3v) is 3.74. The molecule has 0 aliphatic rings. The Morgan fingerprint density at radius 2 is 2.12 bits per heavy atom. The number of aromatic nitrogens is 1. The van der Waals surface area contributed by atoms with Crippen molar-refractivity contribution in [2.24, 2.45) is 5.73 Å². The number of nitrogens with two attached hydrogens (primary N) is 1. The molecule has 0 saturated carbocycles. The lowest BCUT2D eigenvalue weighted by molar-refractivity contribution is -0.140. The number of nitrogens with one attached hydrogen (secondary N) is 1. The third-order valence-electron chi connectivity index (χ3n) is 3.74. The van der Waals surface area contributed by atoms with Gasteiger partial charge in [0.15, 0.2) is 11.4 Å². The first-order valence-electron chi connectivity index (χ1n) is 7.94. The summed E-state index contributed by atoms with van der Waals surface area (Å²) in [5, 5.41) is 2.82. The van der Waals surface area contributed by atoms with E-state index in [1.54, 1.807) is 12.1 Å². The van der Waals surface area contributed by atoms with E-state index in [0.717, 1.165) is 0 Å². The third kappa shape index (κ3) is 3.97. The molecule has 26 heavy (non-hydrogen) atoms. The molecular formula is C18H17F2N3O3. The van der Waals surface area contributed by atoms with Crippen LogP contribution in [0.15, 0.2) is 34.7 Å². The van der Waals surface area contributed by atoms with Crippen LogP contribution in [0.25, 0.3) is 11.1 Å². The van der Waals surface area contributed by atoms with Crippen LogP contribution >= 0.6 is 0 Å². The molecule has 0 radical (unpaired) electrons. The minimum absolute atomic E-state index is 0.0244. The molecule has 0 saturated heterocycles. The monoisotopic (exact) mass is 361 g/mol. The SMILES string of the molecule is CC(=O)OCCc1cc(F)c2nc(Nc3cc(F)ccc3CN)oc2c1. The first-order chi connectivity index (χ1) is 12.5. The van der Waals surface area contributed by atoms with Gasteiger partial charge in [-0.2, -0.15) is 4.98 Å². The van der Waals surface area contributed by atoms with E-state index < -0.39 is 17.6 Å². The number of esters is 1. The number of hydrogen-bond donors (Lipinski definition) is 2. The largest absolute Gasteiger partial charge is 0.466 e. The molecule has 8 heteroatoms. The van der Waals surface area contributed by atoms with Crippen LogP contribution in [0.5, 0.6) is 0 Å². The molecule has 3 N–H and O–H groups in total. The van der Waals surface area contributed by atoms with E-state index in [-0.39, 0.29) is 30.3 Å². The fourth-order valence-electron chi connectivity index (χ4n) is 2.51. The number of carbonyl (C=O) groups excluding carboxylic acids is 1. The fraction of sp³-hybridized carbons (Fsp3) is 0.222. The van der Waals surface area contributed by atoms with Crippen molar-refractivity contribution in [3.05, 3.63) is 53.1 Å². The van der Waals surface area contributed by atoms with Gasteiger partial charge in [0.1, 0.15) is 11.3 Å². The fourth-order valence-corrected chi connectivity index (χ4v) is 2.51. The van der Waals surface area contributed by atoms with Crippen molar-refractivity contribution in [3.8, 4) is 0 Å². The number of anilines is 2. The van der Waals surface area contributed by atoms with Crippen molar-refractivity contribution < 1.29 is 22.7 Å². The Balaban J connectivity index is 1.86. The molecule has 0 fully saturated rings. The van der Waals surface area contributed by atoms with E-state index in [1.807, 2.05) is 0 Å². The van der Waals surface area contributed by atoms with Crippen molar-refractivity contribution in [3.63, 3.8) is 0 Å². The van der Waals surface area contributed by atoms with Gasteiger partial charge >= 0.3 is 5.97 Å². The van der Waals surface area contributed by atoms with E-state index in [1.165, 1.54) is 25.1 Å². The van der Waals surface area contributed by atoms with Gasteiger partial charge in [-0.25, -0.2) is 8.78 Å². The molecule has 1 aromatic heterocycles. The molecule has 0 unspecified atom stereocenters. The zero-order valence-electron chi connectivity index (χ0n) is 14.0. The summed E-state index contributed by atoms with van der Waals surface area (Å²) < 4.78 is 38.1. The zero-order chi connectivity index (χ0) is 18.7. The number of benzene rings is 2. The van der Waals surface area contributed by atoms with Crippen molar-refractivity contribution in [1.29, 1.82) is 0 Å². The Morgan fingerprint density at radius 3 is 2.85 bits per heavy atom. The lowest BCUT2D eigenvalue weighted by atomic mass is 10.1. The average Bonchev–Trinajstić information content (AvgIpc) is 2.98. The molecule has 3 rings (SSSR count).